The van der Waals surface area contributed by atoms with E-state index in [9.17, 15) is 9.18 Å². The lowest BCUT2D eigenvalue weighted by molar-refractivity contribution is 0.102. The molecule has 6 heteroatoms. The van der Waals surface area contributed by atoms with E-state index >= 15 is 0 Å². The standard InChI is InChI=1S/C13H11ClFN3O/c1-7-10(5-9(16)6-17-7)13(19)18-12-4-8(14)2-3-11(12)15/h2-6H,16H2,1H3,(H,18,19). The fourth-order valence-corrected chi connectivity index (χ4v) is 1.73. The lowest BCUT2D eigenvalue weighted by Gasteiger charge is -2.09. The van der Waals surface area contributed by atoms with Gasteiger partial charge in [0.25, 0.3) is 5.91 Å². The Labute approximate surface area is 114 Å². The first kappa shape index (κ1) is 13.3. The molecular weight excluding hydrogens is 269 g/mol. The molecule has 1 amide bonds. The maximum Gasteiger partial charge on any atom is 0.257 e. The zero-order chi connectivity index (χ0) is 14.0. The molecule has 19 heavy (non-hydrogen) atoms. The molecule has 0 aliphatic rings. The van der Waals surface area contributed by atoms with Crippen LogP contribution in [-0.4, -0.2) is 10.9 Å². The number of halogens is 2. The molecule has 0 aliphatic heterocycles. The van der Waals surface area contributed by atoms with Gasteiger partial charge in [-0.3, -0.25) is 9.78 Å². The predicted molar refractivity (Wildman–Crippen MR) is 72.7 cm³/mol. The molecule has 1 aromatic carbocycles. The zero-order valence-electron chi connectivity index (χ0n) is 10.1. The van der Waals surface area contributed by atoms with E-state index in [0.29, 0.717) is 22.0 Å². The van der Waals surface area contributed by atoms with Gasteiger partial charge < -0.3 is 11.1 Å². The summed E-state index contributed by atoms with van der Waals surface area (Å²) in [5, 5.41) is 2.77. The smallest absolute Gasteiger partial charge is 0.257 e. The van der Waals surface area contributed by atoms with Crippen molar-refractivity contribution in [3.8, 4) is 0 Å². The molecule has 4 nitrogen and oxygen atoms in total. The maximum absolute atomic E-state index is 13.5. The van der Waals surface area contributed by atoms with Crippen molar-refractivity contribution in [1.82, 2.24) is 4.98 Å². The second kappa shape index (κ2) is 5.24. The van der Waals surface area contributed by atoms with Crippen LogP contribution in [-0.2, 0) is 0 Å². The first-order valence-corrected chi connectivity index (χ1v) is 5.83. The van der Waals surface area contributed by atoms with Crippen LogP contribution in [0, 0.1) is 12.7 Å². The van der Waals surface area contributed by atoms with Crippen molar-refractivity contribution < 1.29 is 9.18 Å². The highest BCUT2D eigenvalue weighted by atomic mass is 35.5. The van der Waals surface area contributed by atoms with Crippen LogP contribution in [0.3, 0.4) is 0 Å². The largest absolute Gasteiger partial charge is 0.397 e. The maximum atomic E-state index is 13.5. The van der Waals surface area contributed by atoms with Gasteiger partial charge in [-0.05, 0) is 31.2 Å². The minimum Gasteiger partial charge on any atom is -0.397 e. The fourth-order valence-electron chi connectivity index (χ4n) is 1.56. The summed E-state index contributed by atoms with van der Waals surface area (Å²) in [4.78, 5) is 16.0. The lowest BCUT2D eigenvalue weighted by atomic mass is 10.1. The van der Waals surface area contributed by atoms with Gasteiger partial charge in [-0.1, -0.05) is 11.6 Å². The van der Waals surface area contributed by atoms with Crippen molar-refractivity contribution in [1.29, 1.82) is 0 Å². The molecule has 1 aromatic heterocycles. The Morgan fingerprint density at radius 3 is 2.89 bits per heavy atom. The molecule has 2 aromatic rings. The molecular formula is C13H11ClFN3O. The topological polar surface area (TPSA) is 68.0 Å². The van der Waals surface area contributed by atoms with Crippen LogP contribution in [0.1, 0.15) is 16.1 Å². The molecule has 0 atom stereocenters. The number of pyridine rings is 1. The van der Waals surface area contributed by atoms with Gasteiger partial charge in [-0.15, -0.1) is 0 Å². The van der Waals surface area contributed by atoms with Crippen LogP contribution in [0.4, 0.5) is 15.8 Å². The molecule has 0 saturated heterocycles. The van der Waals surface area contributed by atoms with Crippen LogP contribution < -0.4 is 11.1 Å². The Balaban J connectivity index is 2.30. The number of hydrogen-bond donors (Lipinski definition) is 2. The summed E-state index contributed by atoms with van der Waals surface area (Å²) in [5.74, 6) is -1.05. The van der Waals surface area contributed by atoms with Crippen molar-refractivity contribution in [2.45, 2.75) is 6.92 Å². The van der Waals surface area contributed by atoms with E-state index in [-0.39, 0.29) is 5.69 Å². The fraction of sp³-hybridized carbons (Fsp3) is 0.0769. The molecule has 0 radical (unpaired) electrons. The van der Waals surface area contributed by atoms with Gasteiger partial charge in [0.2, 0.25) is 0 Å². The molecule has 1 heterocycles. The lowest BCUT2D eigenvalue weighted by Crippen LogP contribution is -2.15. The van der Waals surface area contributed by atoms with E-state index in [1.54, 1.807) is 6.92 Å². The van der Waals surface area contributed by atoms with Crippen molar-refractivity contribution in [3.63, 3.8) is 0 Å². The van der Waals surface area contributed by atoms with E-state index in [2.05, 4.69) is 10.3 Å². The quantitative estimate of drug-likeness (QED) is 0.888. The molecule has 98 valence electrons. The number of carbonyl (C=O) groups excluding carboxylic acids is 1. The third kappa shape index (κ3) is 3.00. The number of nitrogens with one attached hydrogen (secondary N) is 1. The van der Waals surface area contributed by atoms with Crippen LogP contribution in [0.15, 0.2) is 30.5 Å². The second-order valence-corrected chi connectivity index (χ2v) is 4.42. The molecule has 0 saturated carbocycles. The molecule has 0 spiro atoms. The monoisotopic (exact) mass is 279 g/mol. The molecule has 0 unspecified atom stereocenters. The van der Waals surface area contributed by atoms with Gasteiger partial charge >= 0.3 is 0 Å². The second-order valence-electron chi connectivity index (χ2n) is 3.98. The first-order chi connectivity index (χ1) is 8.97. The number of benzene rings is 1. The number of anilines is 2. The first-order valence-electron chi connectivity index (χ1n) is 5.46. The minimum absolute atomic E-state index is 0.0133. The van der Waals surface area contributed by atoms with E-state index in [1.165, 1.54) is 30.5 Å². The van der Waals surface area contributed by atoms with E-state index < -0.39 is 11.7 Å². The van der Waals surface area contributed by atoms with Crippen LogP contribution in [0.5, 0.6) is 0 Å². The predicted octanol–water partition coefficient (Wildman–Crippen LogP) is 3.02. The van der Waals surface area contributed by atoms with Gasteiger partial charge in [-0.25, -0.2) is 4.39 Å². The summed E-state index contributed by atoms with van der Waals surface area (Å²) in [6, 6.07) is 5.41. The third-order valence-corrected chi connectivity index (χ3v) is 2.76. The number of aryl methyl sites for hydroxylation is 1. The number of amides is 1. The average molecular weight is 280 g/mol. The summed E-state index contributed by atoms with van der Waals surface area (Å²) < 4.78 is 13.5. The van der Waals surface area contributed by atoms with E-state index in [4.69, 9.17) is 17.3 Å². The highest BCUT2D eigenvalue weighted by molar-refractivity contribution is 6.31. The Hall–Kier alpha value is -2.14. The van der Waals surface area contributed by atoms with Crippen molar-refractivity contribution in [2.75, 3.05) is 11.1 Å². The Morgan fingerprint density at radius 2 is 2.16 bits per heavy atom. The normalized spacial score (nSPS) is 10.3. The van der Waals surface area contributed by atoms with Crippen LogP contribution in [0.2, 0.25) is 5.02 Å². The van der Waals surface area contributed by atoms with Crippen molar-refractivity contribution in [2.24, 2.45) is 0 Å². The molecule has 2 rings (SSSR count). The number of nitrogens with zero attached hydrogens (tertiary/aromatic N) is 1. The van der Waals surface area contributed by atoms with Crippen LogP contribution >= 0.6 is 11.6 Å². The van der Waals surface area contributed by atoms with E-state index in [1.807, 2.05) is 0 Å². The summed E-state index contributed by atoms with van der Waals surface area (Å²) in [7, 11) is 0. The summed E-state index contributed by atoms with van der Waals surface area (Å²) >= 11 is 5.75. The molecule has 0 bridgehead atoms. The van der Waals surface area contributed by atoms with Gasteiger partial charge in [0, 0.05) is 5.02 Å². The molecule has 3 N–H and O–H groups in total. The summed E-state index contributed by atoms with van der Waals surface area (Å²) in [6.07, 6.45) is 1.45. The number of hydrogen-bond acceptors (Lipinski definition) is 3. The van der Waals surface area contributed by atoms with Gasteiger partial charge in [-0.2, -0.15) is 0 Å². The highest BCUT2D eigenvalue weighted by Gasteiger charge is 2.13. The number of nitrogen functional groups attached to an aromatic ring is 1. The van der Waals surface area contributed by atoms with Crippen LogP contribution in [0.25, 0.3) is 0 Å². The summed E-state index contributed by atoms with van der Waals surface area (Å²) in [5.41, 5.74) is 6.75. The van der Waals surface area contributed by atoms with E-state index in [0.717, 1.165) is 0 Å². The number of rotatable bonds is 2. The van der Waals surface area contributed by atoms with Gasteiger partial charge in [0.1, 0.15) is 5.82 Å². The molecule has 0 aliphatic carbocycles. The van der Waals surface area contributed by atoms with Crippen molar-refractivity contribution >= 4 is 28.9 Å². The number of nitrogens with two attached hydrogens (primary N) is 1. The third-order valence-electron chi connectivity index (χ3n) is 2.53. The van der Waals surface area contributed by atoms with Gasteiger partial charge in [0.15, 0.2) is 0 Å². The number of carbonyl (C=O) groups is 1. The minimum atomic E-state index is -0.563. The average Bonchev–Trinajstić information content (AvgIpc) is 2.36. The van der Waals surface area contributed by atoms with Crippen molar-refractivity contribution in [3.05, 3.63) is 52.6 Å². The Bertz CT molecular complexity index is 646. The summed E-state index contributed by atoms with van der Waals surface area (Å²) in [6.45, 7) is 1.67. The Morgan fingerprint density at radius 1 is 1.42 bits per heavy atom. The molecule has 0 fully saturated rings. The van der Waals surface area contributed by atoms with Gasteiger partial charge in [0.05, 0.1) is 28.8 Å². The highest BCUT2D eigenvalue weighted by Crippen LogP contribution is 2.21. The zero-order valence-corrected chi connectivity index (χ0v) is 10.8. The SMILES string of the molecule is Cc1ncc(N)cc1C(=O)Nc1cc(Cl)ccc1F. The Kier molecular flexibility index (Phi) is 3.66. The number of aromatic nitrogens is 1.